The molecule has 0 unspecified atom stereocenters. The van der Waals surface area contributed by atoms with Gasteiger partial charge in [-0.1, -0.05) is 56.3 Å². The number of carbonyl (C=O) groups is 1. The Morgan fingerprint density at radius 1 is 1.03 bits per heavy atom. The second-order valence-corrected chi connectivity index (χ2v) is 9.19. The molecule has 0 bridgehead atoms. The van der Waals surface area contributed by atoms with E-state index in [1.807, 2.05) is 49.4 Å². The SMILES string of the molecule is C/C(=N/NC(=O)c1cc(-c2ccc(C(C)C)cc2)nc2ccccc12)c1ccc(C)s1. The van der Waals surface area contributed by atoms with Crippen molar-refractivity contribution in [3.63, 3.8) is 0 Å². The van der Waals surface area contributed by atoms with Crippen LogP contribution in [-0.2, 0) is 0 Å². The number of rotatable bonds is 5. The van der Waals surface area contributed by atoms with Gasteiger partial charge in [-0.05, 0) is 49.6 Å². The zero-order valence-corrected chi connectivity index (χ0v) is 19.0. The molecule has 0 aliphatic heterocycles. The number of para-hydroxylation sites is 1. The third-order valence-electron chi connectivity index (χ3n) is 5.26. The van der Waals surface area contributed by atoms with Crippen LogP contribution in [0.25, 0.3) is 22.2 Å². The Hall–Kier alpha value is -3.31. The molecule has 2 aromatic heterocycles. The molecular formula is C26H25N3OS. The van der Waals surface area contributed by atoms with E-state index in [0.717, 1.165) is 32.7 Å². The van der Waals surface area contributed by atoms with Gasteiger partial charge in [-0.2, -0.15) is 5.10 Å². The number of nitrogens with one attached hydrogen (secondary N) is 1. The average molecular weight is 428 g/mol. The van der Waals surface area contributed by atoms with Gasteiger partial charge in [0.1, 0.15) is 0 Å². The van der Waals surface area contributed by atoms with Crippen LogP contribution in [0.15, 0.2) is 71.8 Å². The molecule has 1 amide bonds. The van der Waals surface area contributed by atoms with Gasteiger partial charge in [0.2, 0.25) is 0 Å². The molecule has 0 fully saturated rings. The standard InChI is InChI=1S/C26H25N3OS/c1-16(2)19-10-12-20(13-11-19)24-15-22(21-7-5-6-8-23(21)27-24)26(30)29-28-18(4)25-14-9-17(3)31-25/h5-16H,1-4H3,(H,29,30)/b28-18-. The van der Waals surface area contributed by atoms with Crippen LogP contribution in [0.1, 0.15) is 52.4 Å². The number of aromatic nitrogens is 1. The van der Waals surface area contributed by atoms with E-state index in [4.69, 9.17) is 4.98 Å². The molecule has 0 aliphatic rings. The number of benzene rings is 2. The zero-order chi connectivity index (χ0) is 22.0. The molecule has 1 N–H and O–H groups in total. The largest absolute Gasteiger partial charge is 0.272 e. The monoisotopic (exact) mass is 427 g/mol. The molecule has 0 saturated heterocycles. The molecule has 0 saturated carbocycles. The van der Waals surface area contributed by atoms with E-state index in [1.54, 1.807) is 11.3 Å². The Morgan fingerprint density at radius 3 is 2.45 bits per heavy atom. The van der Waals surface area contributed by atoms with Gasteiger partial charge in [0.25, 0.3) is 5.91 Å². The Kier molecular flexibility index (Phi) is 5.96. The fourth-order valence-corrected chi connectivity index (χ4v) is 4.24. The van der Waals surface area contributed by atoms with Crippen LogP contribution < -0.4 is 5.43 Å². The first kappa shape index (κ1) is 20.9. The van der Waals surface area contributed by atoms with Crippen LogP contribution in [0, 0.1) is 6.92 Å². The quantitative estimate of drug-likeness (QED) is 0.290. The summed E-state index contributed by atoms with van der Waals surface area (Å²) in [5.74, 6) is 0.222. The average Bonchev–Trinajstić information content (AvgIpc) is 3.23. The molecule has 2 aromatic carbocycles. The van der Waals surface area contributed by atoms with Gasteiger partial charge in [0, 0.05) is 15.8 Å². The highest BCUT2D eigenvalue weighted by atomic mass is 32.1. The number of pyridine rings is 1. The topological polar surface area (TPSA) is 54.4 Å². The molecule has 5 heteroatoms. The number of aryl methyl sites for hydroxylation is 1. The minimum absolute atomic E-state index is 0.244. The zero-order valence-electron chi connectivity index (χ0n) is 18.1. The van der Waals surface area contributed by atoms with Gasteiger partial charge in [0.05, 0.1) is 27.4 Å². The molecule has 4 aromatic rings. The normalized spacial score (nSPS) is 11.8. The summed E-state index contributed by atoms with van der Waals surface area (Å²) in [6.45, 7) is 8.30. The predicted octanol–water partition coefficient (Wildman–Crippen LogP) is 6.55. The lowest BCUT2D eigenvalue weighted by Crippen LogP contribution is -2.19. The van der Waals surface area contributed by atoms with Gasteiger partial charge in [-0.3, -0.25) is 4.79 Å². The van der Waals surface area contributed by atoms with Gasteiger partial charge < -0.3 is 0 Å². The van der Waals surface area contributed by atoms with Crippen LogP contribution in [0.2, 0.25) is 0 Å². The van der Waals surface area contributed by atoms with Crippen LogP contribution in [0.3, 0.4) is 0 Å². The van der Waals surface area contributed by atoms with Gasteiger partial charge in [0.15, 0.2) is 0 Å². The molecule has 2 heterocycles. The first-order valence-electron chi connectivity index (χ1n) is 10.3. The molecule has 4 rings (SSSR count). The van der Waals surface area contributed by atoms with Crippen LogP contribution in [0.5, 0.6) is 0 Å². The van der Waals surface area contributed by atoms with Gasteiger partial charge in [-0.25, -0.2) is 10.4 Å². The fourth-order valence-electron chi connectivity index (χ4n) is 3.43. The van der Waals surface area contributed by atoms with Crippen molar-refractivity contribution >= 4 is 33.9 Å². The van der Waals surface area contributed by atoms with Crippen molar-refractivity contribution in [2.24, 2.45) is 5.10 Å². The maximum absolute atomic E-state index is 13.1. The summed E-state index contributed by atoms with van der Waals surface area (Å²) >= 11 is 1.66. The van der Waals surface area contributed by atoms with Crippen molar-refractivity contribution in [1.82, 2.24) is 10.4 Å². The highest BCUT2D eigenvalue weighted by Gasteiger charge is 2.14. The minimum atomic E-state index is -0.244. The number of nitrogens with zero attached hydrogens (tertiary/aromatic N) is 2. The summed E-state index contributed by atoms with van der Waals surface area (Å²) < 4.78 is 0. The summed E-state index contributed by atoms with van der Waals surface area (Å²) in [5.41, 5.74) is 7.89. The molecule has 156 valence electrons. The lowest BCUT2D eigenvalue weighted by Gasteiger charge is -2.10. The number of carbonyl (C=O) groups excluding carboxylic acids is 1. The predicted molar refractivity (Wildman–Crippen MR) is 130 cm³/mol. The summed E-state index contributed by atoms with van der Waals surface area (Å²) in [6.07, 6.45) is 0. The Labute approximate surface area is 186 Å². The van der Waals surface area contributed by atoms with Crippen LogP contribution in [-0.4, -0.2) is 16.6 Å². The third kappa shape index (κ3) is 4.57. The summed E-state index contributed by atoms with van der Waals surface area (Å²) in [4.78, 5) is 20.1. The summed E-state index contributed by atoms with van der Waals surface area (Å²) in [6, 6.07) is 22.0. The number of fused-ring (bicyclic) bond motifs is 1. The lowest BCUT2D eigenvalue weighted by molar-refractivity contribution is 0.0956. The number of amides is 1. The van der Waals surface area contributed by atoms with Crippen molar-refractivity contribution in [3.8, 4) is 11.3 Å². The van der Waals surface area contributed by atoms with Crippen molar-refractivity contribution in [1.29, 1.82) is 0 Å². The lowest BCUT2D eigenvalue weighted by atomic mass is 9.99. The summed E-state index contributed by atoms with van der Waals surface area (Å²) in [7, 11) is 0. The highest BCUT2D eigenvalue weighted by molar-refractivity contribution is 7.14. The van der Waals surface area contributed by atoms with Crippen molar-refractivity contribution in [2.75, 3.05) is 0 Å². The van der Waals surface area contributed by atoms with E-state index in [0.29, 0.717) is 11.5 Å². The minimum Gasteiger partial charge on any atom is -0.267 e. The van der Waals surface area contributed by atoms with E-state index in [9.17, 15) is 4.79 Å². The highest BCUT2D eigenvalue weighted by Crippen LogP contribution is 2.26. The number of hydrogen-bond donors (Lipinski definition) is 1. The fraction of sp³-hybridized carbons (Fsp3) is 0.192. The van der Waals surface area contributed by atoms with Crippen LogP contribution in [0.4, 0.5) is 0 Å². The number of hydrogen-bond acceptors (Lipinski definition) is 4. The third-order valence-corrected chi connectivity index (χ3v) is 6.37. The van der Waals surface area contributed by atoms with E-state index < -0.39 is 0 Å². The molecule has 0 aliphatic carbocycles. The van der Waals surface area contributed by atoms with E-state index >= 15 is 0 Å². The van der Waals surface area contributed by atoms with Gasteiger partial charge in [-0.15, -0.1) is 11.3 Å². The molecular weight excluding hydrogens is 402 g/mol. The van der Waals surface area contributed by atoms with E-state index in [-0.39, 0.29) is 5.91 Å². The second kappa shape index (κ2) is 8.82. The van der Waals surface area contributed by atoms with Crippen LogP contribution >= 0.6 is 11.3 Å². The number of hydrazone groups is 1. The molecule has 0 radical (unpaired) electrons. The van der Waals surface area contributed by atoms with E-state index in [1.165, 1.54) is 10.4 Å². The van der Waals surface area contributed by atoms with Crippen molar-refractivity contribution < 1.29 is 4.79 Å². The molecule has 4 nitrogen and oxygen atoms in total. The molecule has 0 spiro atoms. The molecule has 0 atom stereocenters. The smallest absolute Gasteiger partial charge is 0.267 e. The summed E-state index contributed by atoms with van der Waals surface area (Å²) in [5, 5.41) is 5.14. The maximum atomic E-state index is 13.1. The van der Waals surface area contributed by atoms with Crippen molar-refractivity contribution in [3.05, 3.63) is 87.6 Å². The Bertz CT molecular complexity index is 1270. The van der Waals surface area contributed by atoms with Crippen molar-refractivity contribution in [2.45, 2.75) is 33.6 Å². The first-order valence-corrected chi connectivity index (χ1v) is 11.2. The Balaban J connectivity index is 1.70. The van der Waals surface area contributed by atoms with Gasteiger partial charge >= 0.3 is 0 Å². The number of thiophene rings is 1. The first-order chi connectivity index (χ1) is 14.9. The maximum Gasteiger partial charge on any atom is 0.272 e. The molecule has 31 heavy (non-hydrogen) atoms. The Morgan fingerprint density at radius 2 is 1.77 bits per heavy atom. The second-order valence-electron chi connectivity index (χ2n) is 7.90. The van der Waals surface area contributed by atoms with E-state index in [2.05, 4.69) is 55.6 Å².